The Balaban J connectivity index is 1.49. The lowest BCUT2D eigenvalue weighted by molar-refractivity contribution is -0.708. The van der Waals surface area contributed by atoms with E-state index in [0.717, 1.165) is 42.8 Å². The molecule has 2 aliphatic rings. The van der Waals surface area contributed by atoms with Crippen LogP contribution in [0.25, 0.3) is 10.9 Å². The van der Waals surface area contributed by atoms with Gasteiger partial charge in [0.15, 0.2) is 12.4 Å². The van der Waals surface area contributed by atoms with Gasteiger partial charge in [-0.15, -0.1) is 0 Å². The number of allylic oxidation sites excluding steroid dienone is 4. The van der Waals surface area contributed by atoms with Crippen LogP contribution in [0.15, 0.2) is 77.2 Å². The first-order chi connectivity index (χ1) is 14.1. The fourth-order valence-corrected chi connectivity index (χ4v) is 4.89. The van der Waals surface area contributed by atoms with Gasteiger partial charge in [0.1, 0.15) is 0 Å². The highest BCUT2D eigenvalue weighted by atomic mass is 35.5. The summed E-state index contributed by atoms with van der Waals surface area (Å²) in [4.78, 5) is 13.2. The van der Waals surface area contributed by atoms with Crippen molar-refractivity contribution in [2.75, 3.05) is 0 Å². The molecule has 0 amide bonds. The average Bonchev–Trinajstić information content (AvgIpc) is 3.04. The fourth-order valence-electron chi connectivity index (χ4n) is 4.68. The van der Waals surface area contributed by atoms with E-state index < -0.39 is 0 Å². The van der Waals surface area contributed by atoms with Gasteiger partial charge in [0.25, 0.3) is 0 Å². The van der Waals surface area contributed by atoms with Gasteiger partial charge in [-0.2, -0.15) is 4.57 Å². The smallest absolute Gasteiger partial charge is 0.230 e. The van der Waals surface area contributed by atoms with E-state index in [9.17, 15) is 4.79 Å². The maximum Gasteiger partial charge on any atom is 0.230 e. The molecule has 0 radical (unpaired) electrons. The van der Waals surface area contributed by atoms with Crippen molar-refractivity contribution in [2.24, 2.45) is 0 Å². The zero-order valence-corrected chi connectivity index (χ0v) is 17.3. The Labute approximate surface area is 175 Å². The molecule has 1 unspecified atom stereocenters. The maximum atomic E-state index is 13.2. The Bertz CT molecular complexity index is 1170. The predicted octanol–water partition coefficient (Wildman–Crippen LogP) is 5.40. The van der Waals surface area contributed by atoms with Crippen molar-refractivity contribution in [1.29, 1.82) is 0 Å². The third-order valence-corrected chi connectivity index (χ3v) is 6.53. The minimum atomic E-state index is -0.145. The van der Waals surface area contributed by atoms with Gasteiger partial charge in [-0.05, 0) is 43.4 Å². The van der Waals surface area contributed by atoms with Gasteiger partial charge in [0, 0.05) is 35.8 Å². The van der Waals surface area contributed by atoms with E-state index in [2.05, 4.69) is 65.0 Å². The van der Waals surface area contributed by atoms with Gasteiger partial charge < -0.3 is 4.57 Å². The highest BCUT2D eigenvalue weighted by Gasteiger charge is 2.36. The molecular formula is C25H24ClN2O+. The van der Waals surface area contributed by atoms with Crippen molar-refractivity contribution >= 4 is 28.3 Å². The van der Waals surface area contributed by atoms with Crippen LogP contribution in [0.3, 0.4) is 0 Å². The van der Waals surface area contributed by atoms with Crippen LogP contribution in [-0.2, 0) is 11.3 Å². The molecule has 29 heavy (non-hydrogen) atoms. The Kier molecular flexibility index (Phi) is 4.63. The summed E-state index contributed by atoms with van der Waals surface area (Å²) < 4.78 is 4.39. The molecule has 1 aromatic carbocycles. The molecule has 0 fully saturated rings. The molecule has 146 valence electrons. The van der Waals surface area contributed by atoms with Crippen molar-refractivity contribution in [2.45, 2.75) is 45.2 Å². The van der Waals surface area contributed by atoms with Crippen LogP contribution in [0.4, 0.5) is 0 Å². The standard InChI is InChI=1S/C25H24ClN2O/c1-17-14-28(15-18-5-3-2-4-6-18)23-11-12-27(16-22(17)23)24-10-8-19-7-9-20(26)13-21(19)25(24)29/h2-6,11-14,16,24H,7-10,15H2,1H3/q+1. The molecule has 0 aliphatic heterocycles. The van der Waals surface area contributed by atoms with Crippen molar-refractivity contribution in [3.63, 3.8) is 0 Å². The fraction of sp³-hybridized carbons (Fsp3) is 0.280. The van der Waals surface area contributed by atoms with Crippen LogP contribution in [0.5, 0.6) is 0 Å². The molecule has 0 bridgehead atoms. The molecule has 0 saturated carbocycles. The molecule has 3 aromatic rings. The van der Waals surface area contributed by atoms with Gasteiger partial charge in [-0.25, -0.2) is 0 Å². The number of hydrogen-bond acceptors (Lipinski definition) is 1. The average molecular weight is 404 g/mol. The normalized spacial score (nSPS) is 19.4. The Morgan fingerprint density at radius 2 is 1.97 bits per heavy atom. The number of nitrogens with zero attached hydrogens (tertiary/aromatic N) is 2. The van der Waals surface area contributed by atoms with E-state index in [1.54, 1.807) is 0 Å². The first kappa shape index (κ1) is 18.4. The zero-order valence-electron chi connectivity index (χ0n) is 16.6. The summed E-state index contributed by atoms with van der Waals surface area (Å²) >= 11 is 6.23. The molecule has 2 heterocycles. The van der Waals surface area contributed by atoms with Crippen molar-refractivity contribution < 1.29 is 9.36 Å². The molecule has 0 N–H and O–H groups in total. The largest absolute Gasteiger partial charge is 0.342 e. The lowest BCUT2D eigenvalue weighted by atomic mass is 9.82. The summed E-state index contributed by atoms with van der Waals surface area (Å²) in [5, 5.41) is 2.00. The Morgan fingerprint density at radius 1 is 1.14 bits per heavy atom. The van der Waals surface area contributed by atoms with Gasteiger partial charge in [0.05, 0.1) is 10.9 Å². The summed E-state index contributed by atoms with van der Waals surface area (Å²) in [6, 6.07) is 12.5. The van der Waals surface area contributed by atoms with Crippen molar-refractivity contribution in [3.05, 3.63) is 88.4 Å². The first-order valence-corrected chi connectivity index (χ1v) is 10.6. The number of Topliss-reactive ketones (excluding diaryl/α,β-unsaturated/α-hetero) is 1. The number of halogens is 1. The minimum absolute atomic E-state index is 0.145. The topological polar surface area (TPSA) is 25.9 Å². The van der Waals surface area contributed by atoms with E-state index in [0.29, 0.717) is 0 Å². The summed E-state index contributed by atoms with van der Waals surface area (Å²) in [5.41, 5.74) is 5.84. The molecule has 2 aliphatic carbocycles. The third kappa shape index (κ3) is 3.34. The number of carbonyl (C=O) groups excluding carboxylic acids is 1. The molecule has 2 aromatic heterocycles. The number of aromatic nitrogens is 2. The number of fused-ring (bicyclic) bond motifs is 1. The molecule has 1 atom stereocenters. The molecule has 5 rings (SSSR count). The van der Waals surface area contributed by atoms with E-state index in [1.807, 2.05) is 12.1 Å². The molecule has 3 nitrogen and oxygen atoms in total. The van der Waals surface area contributed by atoms with Gasteiger partial charge in [0.2, 0.25) is 11.8 Å². The molecule has 4 heteroatoms. The Morgan fingerprint density at radius 3 is 2.79 bits per heavy atom. The van der Waals surface area contributed by atoms with Crippen LogP contribution >= 0.6 is 11.6 Å². The zero-order chi connectivity index (χ0) is 20.0. The van der Waals surface area contributed by atoms with Crippen LogP contribution in [0.1, 0.15) is 42.9 Å². The quantitative estimate of drug-likeness (QED) is 0.537. The second kappa shape index (κ2) is 7.31. The number of carbonyl (C=O) groups is 1. The van der Waals surface area contributed by atoms with Gasteiger partial charge in [-0.1, -0.05) is 47.5 Å². The van der Waals surface area contributed by atoms with Gasteiger partial charge in [-0.3, -0.25) is 4.79 Å². The van der Waals surface area contributed by atoms with Crippen LogP contribution in [0, 0.1) is 6.92 Å². The Hall–Kier alpha value is -2.65. The lowest BCUT2D eigenvalue weighted by Crippen LogP contribution is -2.45. The maximum absolute atomic E-state index is 13.2. The highest BCUT2D eigenvalue weighted by molar-refractivity contribution is 6.30. The van der Waals surface area contributed by atoms with Crippen LogP contribution in [-0.4, -0.2) is 10.4 Å². The summed E-state index contributed by atoms with van der Waals surface area (Å²) in [6.07, 6.45) is 11.9. The number of benzene rings is 1. The monoisotopic (exact) mass is 403 g/mol. The second-order valence-corrected chi connectivity index (χ2v) is 8.63. The second-order valence-electron chi connectivity index (χ2n) is 8.14. The van der Waals surface area contributed by atoms with Crippen LogP contribution in [0.2, 0.25) is 0 Å². The number of aryl methyl sites for hydroxylation is 1. The summed E-state index contributed by atoms with van der Waals surface area (Å²) in [7, 11) is 0. The van der Waals surface area contributed by atoms with Crippen molar-refractivity contribution in [3.8, 4) is 0 Å². The number of ketones is 1. The van der Waals surface area contributed by atoms with E-state index in [1.165, 1.54) is 27.6 Å². The number of rotatable bonds is 3. The third-order valence-electron chi connectivity index (χ3n) is 6.23. The number of pyridine rings is 1. The highest BCUT2D eigenvalue weighted by Crippen LogP contribution is 2.36. The minimum Gasteiger partial charge on any atom is -0.342 e. The SMILES string of the molecule is Cc1cn(Cc2ccccc2)c2cc[n+](C3CCC4=C(C=C(Cl)CC4)C3=O)cc12. The number of hydrogen-bond donors (Lipinski definition) is 0. The van der Waals surface area contributed by atoms with E-state index in [4.69, 9.17) is 11.6 Å². The van der Waals surface area contributed by atoms with E-state index >= 15 is 0 Å². The predicted molar refractivity (Wildman–Crippen MR) is 116 cm³/mol. The van der Waals surface area contributed by atoms with Gasteiger partial charge >= 0.3 is 0 Å². The lowest BCUT2D eigenvalue weighted by Gasteiger charge is -2.24. The van der Waals surface area contributed by atoms with E-state index in [-0.39, 0.29) is 11.8 Å². The van der Waals surface area contributed by atoms with Crippen LogP contribution < -0.4 is 4.57 Å². The van der Waals surface area contributed by atoms with Crippen molar-refractivity contribution in [1.82, 2.24) is 4.57 Å². The first-order valence-electron chi connectivity index (χ1n) is 10.3. The summed E-state index contributed by atoms with van der Waals surface area (Å²) in [5.74, 6) is 0.204. The molecule has 0 saturated heterocycles. The molecular weight excluding hydrogens is 380 g/mol. The summed E-state index contributed by atoms with van der Waals surface area (Å²) in [6.45, 7) is 2.98. The molecule has 0 spiro atoms.